The Morgan fingerprint density at radius 1 is 1.35 bits per heavy atom. The molecule has 1 unspecified atom stereocenters. The summed E-state index contributed by atoms with van der Waals surface area (Å²) >= 11 is 0. The molecule has 0 saturated heterocycles. The molecule has 0 bridgehead atoms. The SMILES string of the molecule is Cc1ccc(C(C)NCCC2=CCCCC2)o1. The molecule has 0 fully saturated rings. The van der Waals surface area contributed by atoms with E-state index in [1.807, 2.05) is 13.0 Å². The minimum absolute atomic E-state index is 0.313. The monoisotopic (exact) mass is 233 g/mol. The largest absolute Gasteiger partial charge is 0.465 e. The van der Waals surface area contributed by atoms with E-state index in [-0.39, 0.29) is 0 Å². The minimum Gasteiger partial charge on any atom is -0.465 e. The van der Waals surface area contributed by atoms with Crippen molar-refractivity contribution in [3.05, 3.63) is 35.3 Å². The van der Waals surface area contributed by atoms with Gasteiger partial charge in [0.25, 0.3) is 0 Å². The van der Waals surface area contributed by atoms with Gasteiger partial charge in [0, 0.05) is 0 Å². The summed E-state index contributed by atoms with van der Waals surface area (Å²) in [6.45, 7) is 5.20. The third-order valence-corrected chi connectivity index (χ3v) is 3.47. The Kier molecular flexibility index (Phi) is 4.43. The van der Waals surface area contributed by atoms with Gasteiger partial charge >= 0.3 is 0 Å². The van der Waals surface area contributed by atoms with Gasteiger partial charge in [0.15, 0.2) is 0 Å². The van der Waals surface area contributed by atoms with Crippen LogP contribution in [0.4, 0.5) is 0 Å². The number of allylic oxidation sites excluding steroid dienone is 1. The van der Waals surface area contributed by atoms with Gasteiger partial charge in [-0.3, -0.25) is 0 Å². The highest BCUT2D eigenvalue weighted by molar-refractivity contribution is 5.09. The molecule has 1 heterocycles. The van der Waals surface area contributed by atoms with Crippen molar-refractivity contribution in [1.82, 2.24) is 5.32 Å². The van der Waals surface area contributed by atoms with Gasteiger partial charge in [-0.2, -0.15) is 0 Å². The highest BCUT2D eigenvalue weighted by atomic mass is 16.3. The van der Waals surface area contributed by atoms with Crippen molar-refractivity contribution in [2.45, 2.75) is 52.0 Å². The van der Waals surface area contributed by atoms with Gasteiger partial charge in [-0.25, -0.2) is 0 Å². The van der Waals surface area contributed by atoms with Gasteiger partial charge in [0.2, 0.25) is 0 Å². The van der Waals surface area contributed by atoms with E-state index in [2.05, 4.69) is 24.4 Å². The third-order valence-electron chi connectivity index (χ3n) is 3.47. The van der Waals surface area contributed by atoms with Crippen LogP contribution in [0.3, 0.4) is 0 Å². The zero-order valence-corrected chi connectivity index (χ0v) is 11.0. The molecule has 1 aromatic rings. The van der Waals surface area contributed by atoms with Crippen molar-refractivity contribution in [3.8, 4) is 0 Å². The molecule has 1 aliphatic rings. The van der Waals surface area contributed by atoms with E-state index in [9.17, 15) is 0 Å². The molecule has 1 aromatic heterocycles. The van der Waals surface area contributed by atoms with Crippen LogP contribution in [0.2, 0.25) is 0 Å². The van der Waals surface area contributed by atoms with E-state index in [0.29, 0.717) is 6.04 Å². The van der Waals surface area contributed by atoms with Crippen LogP contribution in [-0.2, 0) is 0 Å². The normalized spacial score (nSPS) is 17.9. The molecule has 0 spiro atoms. The highest BCUT2D eigenvalue weighted by Gasteiger charge is 2.09. The second-order valence-electron chi connectivity index (χ2n) is 4.98. The molecule has 0 aromatic carbocycles. The van der Waals surface area contributed by atoms with Crippen molar-refractivity contribution in [2.75, 3.05) is 6.54 Å². The van der Waals surface area contributed by atoms with Crippen molar-refractivity contribution < 1.29 is 4.42 Å². The Morgan fingerprint density at radius 3 is 2.88 bits per heavy atom. The maximum Gasteiger partial charge on any atom is 0.120 e. The zero-order chi connectivity index (χ0) is 12.1. The number of rotatable bonds is 5. The summed E-state index contributed by atoms with van der Waals surface area (Å²) in [4.78, 5) is 0. The standard InChI is InChI=1S/C15H23NO/c1-12-8-9-15(17-12)13(2)16-11-10-14-6-4-3-5-7-14/h6,8-9,13,16H,3-5,7,10-11H2,1-2H3. The molecule has 1 N–H and O–H groups in total. The maximum atomic E-state index is 5.61. The van der Waals surface area contributed by atoms with Crippen molar-refractivity contribution in [3.63, 3.8) is 0 Å². The van der Waals surface area contributed by atoms with Gasteiger partial charge < -0.3 is 9.73 Å². The number of nitrogens with one attached hydrogen (secondary N) is 1. The van der Waals surface area contributed by atoms with Crippen LogP contribution in [0.25, 0.3) is 0 Å². The molecule has 1 atom stereocenters. The van der Waals surface area contributed by atoms with E-state index >= 15 is 0 Å². The smallest absolute Gasteiger partial charge is 0.120 e. The van der Waals surface area contributed by atoms with E-state index < -0.39 is 0 Å². The van der Waals surface area contributed by atoms with Gasteiger partial charge in [-0.1, -0.05) is 11.6 Å². The first-order valence-corrected chi connectivity index (χ1v) is 6.73. The lowest BCUT2D eigenvalue weighted by molar-refractivity contribution is 0.417. The van der Waals surface area contributed by atoms with Crippen molar-refractivity contribution in [1.29, 1.82) is 0 Å². The van der Waals surface area contributed by atoms with Crippen LogP contribution in [0.1, 0.15) is 56.6 Å². The lowest BCUT2D eigenvalue weighted by Crippen LogP contribution is -2.20. The summed E-state index contributed by atoms with van der Waals surface area (Å²) in [5, 5.41) is 3.52. The first kappa shape index (κ1) is 12.4. The number of hydrogen-bond donors (Lipinski definition) is 1. The van der Waals surface area contributed by atoms with Crippen molar-refractivity contribution >= 4 is 0 Å². The highest BCUT2D eigenvalue weighted by Crippen LogP contribution is 2.20. The van der Waals surface area contributed by atoms with E-state index in [4.69, 9.17) is 4.42 Å². The maximum absolute atomic E-state index is 5.61. The van der Waals surface area contributed by atoms with E-state index in [0.717, 1.165) is 18.1 Å². The predicted octanol–water partition coefficient (Wildman–Crippen LogP) is 4.13. The van der Waals surface area contributed by atoms with E-state index in [1.54, 1.807) is 5.57 Å². The lowest BCUT2D eigenvalue weighted by Gasteiger charge is -2.15. The summed E-state index contributed by atoms with van der Waals surface area (Å²) in [7, 11) is 0. The predicted molar refractivity (Wildman–Crippen MR) is 71.0 cm³/mol. The second-order valence-corrected chi connectivity index (χ2v) is 4.98. The second kappa shape index (κ2) is 6.06. The Hall–Kier alpha value is -1.02. The van der Waals surface area contributed by atoms with Crippen LogP contribution in [-0.4, -0.2) is 6.54 Å². The quantitative estimate of drug-likeness (QED) is 0.774. The minimum atomic E-state index is 0.313. The van der Waals surface area contributed by atoms with Crippen molar-refractivity contribution in [2.24, 2.45) is 0 Å². The van der Waals surface area contributed by atoms with Crippen LogP contribution >= 0.6 is 0 Å². The molecule has 2 rings (SSSR count). The number of furan rings is 1. The summed E-state index contributed by atoms with van der Waals surface area (Å²) in [5.74, 6) is 2.03. The van der Waals surface area contributed by atoms with Gasteiger partial charge in [0.1, 0.15) is 11.5 Å². The van der Waals surface area contributed by atoms with E-state index in [1.165, 1.54) is 32.1 Å². The molecule has 17 heavy (non-hydrogen) atoms. The summed E-state index contributed by atoms with van der Waals surface area (Å²) < 4.78 is 5.61. The molecule has 1 aliphatic carbocycles. The molecule has 2 nitrogen and oxygen atoms in total. The summed E-state index contributed by atoms with van der Waals surface area (Å²) in [6, 6.07) is 4.40. The van der Waals surface area contributed by atoms with Gasteiger partial charge in [-0.05, 0) is 64.6 Å². The first-order chi connectivity index (χ1) is 8.25. The Balaban J connectivity index is 1.73. The summed E-state index contributed by atoms with van der Waals surface area (Å²) in [5.41, 5.74) is 1.63. The molecule has 94 valence electrons. The number of aryl methyl sites for hydroxylation is 1. The number of hydrogen-bond acceptors (Lipinski definition) is 2. The molecule has 0 amide bonds. The Morgan fingerprint density at radius 2 is 2.24 bits per heavy atom. The molecule has 0 saturated carbocycles. The lowest BCUT2D eigenvalue weighted by atomic mass is 9.97. The Labute approximate surface area is 104 Å². The van der Waals surface area contributed by atoms with Crippen LogP contribution in [0.5, 0.6) is 0 Å². The van der Waals surface area contributed by atoms with Crippen LogP contribution in [0.15, 0.2) is 28.2 Å². The van der Waals surface area contributed by atoms with Gasteiger partial charge in [0.05, 0.1) is 6.04 Å². The van der Waals surface area contributed by atoms with Gasteiger partial charge in [-0.15, -0.1) is 0 Å². The molecule has 2 heteroatoms. The topological polar surface area (TPSA) is 25.2 Å². The molecule has 0 aliphatic heterocycles. The third kappa shape index (κ3) is 3.74. The fraction of sp³-hybridized carbons (Fsp3) is 0.600. The van der Waals surface area contributed by atoms with Crippen LogP contribution in [0, 0.1) is 6.92 Å². The molecular weight excluding hydrogens is 210 g/mol. The first-order valence-electron chi connectivity index (χ1n) is 6.73. The molecule has 0 radical (unpaired) electrons. The Bertz CT molecular complexity index is 378. The summed E-state index contributed by atoms with van der Waals surface area (Å²) in [6.07, 6.45) is 8.94. The average molecular weight is 233 g/mol. The zero-order valence-electron chi connectivity index (χ0n) is 11.0. The fourth-order valence-corrected chi connectivity index (χ4v) is 2.37. The average Bonchev–Trinajstić information content (AvgIpc) is 2.77. The molecular formula is C15H23NO. The van der Waals surface area contributed by atoms with Crippen LogP contribution < -0.4 is 5.32 Å². The fourth-order valence-electron chi connectivity index (χ4n) is 2.37.